The van der Waals surface area contributed by atoms with Crippen molar-refractivity contribution in [1.82, 2.24) is 15.1 Å². The maximum Gasteiger partial charge on any atom is 0.0522 e. The van der Waals surface area contributed by atoms with Gasteiger partial charge < -0.3 is 5.32 Å². The van der Waals surface area contributed by atoms with Gasteiger partial charge in [-0.25, -0.2) is 0 Å². The number of aromatic nitrogens is 2. The van der Waals surface area contributed by atoms with Gasteiger partial charge in [0.1, 0.15) is 0 Å². The van der Waals surface area contributed by atoms with Crippen LogP contribution in [0.25, 0.3) is 0 Å². The van der Waals surface area contributed by atoms with E-state index in [4.69, 9.17) is 0 Å². The van der Waals surface area contributed by atoms with Gasteiger partial charge in [-0.2, -0.15) is 5.10 Å². The Balaban J connectivity index is 1.73. The minimum Gasteiger partial charge on any atom is -0.313 e. The molecule has 1 aliphatic rings. The van der Waals surface area contributed by atoms with Crippen LogP contribution < -0.4 is 5.32 Å². The van der Waals surface area contributed by atoms with Crippen LogP contribution in [0.5, 0.6) is 0 Å². The number of rotatable bonds is 7. The van der Waals surface area contributed by atoms with Crippen molar-refractivity contribution in [3.63, 3.8) is 0 Å². The lowest BCUT2D eigenvalue weighted by atomic mass is 9.72. The molecule has 3 nitrogen and oxygen atoms in total. The molecule has 2 unspecified atom stereocenters. The third-order valence-corrected chi connectivity index (χ3v) is 4.50. The molecule has 1 aliphatic carbocycles. The zero-order valence-electron chi connectivity index (χ0n) is 13.0. The van der Waals surface area contributed by atoms with E-state index in [-0.39, 0.29) is 0 Å². The van der Waals surface area contributed by atoms with Gasteiger partial charge in [-0.05, 0) is 49.4 Å². The summed E-state index contributed by atoms with van der Waals surface area (Å²) in [5.74, 6) is 0.651. The number of nitrogens with one attached hydrogen (secondary N) is 1. The van der Waals surface area contributed by atoms with Gasteiger partial charge in [-0.15, -0.1) is 0 Å². The molecule has 2 aromatic rings. The van der Waals surface area contributed by atoms with E-state index in [1.165, 1.54) is 29.5 Å². The molecule has 21 heavy (non-hydrogen) atoms. The molecule has 0 saturated heterocycles. The molecule has 3 heteroatoms. The van der Waals surface area contributed by atoms with Gasteiger partial charge in [0.2, 0.25) is 0 Å². The monoisotopic (exact) mass is 283 g/mol. The van der Waals surface area contributed by atoms with Gasteiger partial charge in [0, 0.05) is 24.7 Å². The highest BCUT2D eigenvalue weighted by Gasteiger charge is 2.32. The van der Waals surface area contributed by atoms with Crippen LogP contribution >= 0.6 is 0 Å². The van der Waals surface area contributed by atoms with Crippen molar-refractivity contribution in [2.24, 2.45) is 0 Å². The van der Waals surface area contributed by atoms with Crippen LogP contribution in [-0.2, 0) is 19.4 Å². The normalized spacial score (nSPS) is 18.1. The molecule has 1 aromatic carbocycles. The molecule has 0 aliphatic heterocycles. The zero-order chi connectivity index (χ0) is 14.7. The van der Waals surface area contributed by atoms with Crippen molar-refractivity contribution >= 4 is 0 Å². The molecule has 1 heterocycles. The van der Waals surface area contributed by atoms with Crippen molar-refractivity contribution in [1.29, 1.82) is 0 Å². The first-order valence-corrected chi connectivity index (χ1v) is 8.14. The van der Waals surface area contributed by atoms with E-state index in [2.05, 4.69) is 54.7 Å². The molecule has 0 fully saturated rings. The summed E-state index contributed by atoms with van der Waals surface area (Å²) in [7, 11) is 0. The molecule has 1 aromatic heterocycles. The molecule has 0 radical (unpaired) electrons. The minimum atomic E-state index is 0.523. The Labute approximate surface area is 127 Å². The highest BCUT2D eigenvalue weighted by Crippen LogP contribution is 2.38. The van der Waals surface area contributed by atoms with Crippen LogP contribution in [0.3, 0.4) is 0 Å². The predicted octanol–water partition coefficient (Wildman–Crippen LogP) is 3.15. The molecule has 0 saturated carbocycles. The minimum absolute atomic E-state index is 0.523. The fraction of sp³-hybridized carbons (Fsp3) is 0.500. The highest BCUT2D eigenvalue weighted by atomic mass is 15.3. The molecule has 3 rings (SSSR count). The second-order valence-corrected chi connectivity index (χ2v) is 5.98. The van der Waals surface area contributed by atoms with Crippen LogP contribution in [0, 0.1) is 0 Å². The molecule has 0 amide bonds. The van der Waals surface area contributed by atoms with E-state index in [0.29, 0.717) is 12.0 Å². The second-order valence-electron chi connectivity index (χ2n) is 5.98. The standard InChI is InChI=1S/C18H25N3/c1-3-9-19-18(10-14-12-20-21(4-2)13-14)17-11-15-7-5-6-8-16(15)17/h5-8,12-13,17-19H,3-4,9-11H2,1-2H3. The summed E-state index contributed by atoms with van der Waals surface area (Å²) in [6.45, 7) is 6.39. The van der Waals surface area contributed by atoms with Crippen molar-refractivity contribution in [2.45, 2.75) is 51.6 Å². The topological polar surface area (TPSA) is 29.9 Å². The van der Waals surface area contributed by atoms with E-state index in [1.807, 2.05) is 10.9 Å². The third kappa shape index (κ3) is 3.03. The van der Waals surface area contributed by atoms with Crippen molar-refractivity contribution in [3.8, 4) is 0 Å². The molecular formula is C18H25N3. The summed E-state index contributed by atoms with van der Waals surface area (Å²) < 4.78 is 2.01. The Morgan fingerprint density at radius 2 is 2.19 bits per heavy atom. The number of nitrogens with zero attached hydrogens (tertiary/aromatic N) is 2. The Bertz CT molecular complexity index is 588. The first kappa shape index (κ1) is 14.3. The zero-order valence-corrected chi connectivity index (χ0v) is 13.0. The first-order valence-electron chi connectivity index (χ1n) is 8.14. The molecule has 2 atom stereocenters. The Kier molecular flexibility index (Phi) is 4.39. The van der Waals surface area contributed by atoms with E-state index in [0.717, 1.165) is 19.5 Å². The summed E-state index contributed by atoms with van der Waals surface area (Å²) in [6.07, 6.45) is 7.66. The maximum absolute atomic E-state index is 4.40. The van der Waals surface area contributed by atoms with Gasteiger partial charge in [-0.3, -0.25) is 4.68 Å². The van der Waals surface area contributed by atoms with Crippen molar-refractivity contribution in [2.75, 3.05) is 6.54 Å². The molecule has 1 N–H and O–H groups in total. The van der Waals surface area contributed by atoms with Crippen LogP contribution in [0.4, 0.5) is 0 Å². The summed E-state index contributed by atoms with van der Waals surface area (Å²) in [5, 5.41) is 8.16. The average Bonchev–Trinajstić information content (AvgIpc) is 2.93. The predicted molar refractivity (Wildman–Crippen MR) is 86.6 cm³/mol. The summed E-state index contributed by atoms with van der Waals surface area (Å²) in [6, 6.07) is 9.39. The van der Waals surface area contributed by atoms with E-state index >= 15 is 0 Å². The summed E-state index contributed by atoms with van der Waals surface area (Å²) in [5.41, 5.74) is 4.40. The van der Waals surface area contributed by atoms with Gasteiger partial charge in [0.25, 0.3) is 0 Å². The molecule has 112 valence electrons. The number of hydrogen-bond donors (Lipinski definition) is 1. The smallest absolute Gasteiger partial charge is 0.0522 e. The lowest BCUT2D eigenvalue weighted by Gasteiger charge is -2.37. The first-order chi connectivity index (χ1) is 10.3. The number of hydrogen-bond acceptors (Lipinski definition) is 2. The Morgan fingerprint density at radius 1 is 1.33 bits per heavy atom. The summed E-state index contributed by atoms with van der Waals surface area (Å²) in [4.78, 5) is 0. The van der Waals surface area contributed by atoms with Gasteiger partial charge in [0.15, 0.2) is 0 Å². The fourth-order valence-electron chi connectivity index (χ4n) is 3.28. The fourth-order valence-corrected chi connectivity index (χ4v) is 3.28. The van der Waals surface area contributed by atoms with Crippen molar-refractivity contribution in [3.05, 3.63) is 53.3 Å². The van der Waals surface area contributed by atoms with E-state index < -0.39 is 0 Å². The van der Waals surface area contributed by atoms with Gasteiger partial charge in [0.05, 0.1) is 6.20 Å². The number of benzene rings is 1. The van der Waals surface area contributed by atoms with Crippen molar-refractivity contribution < 1.29 is 0 Å². The number of fused-ring (bicyclic) bond motifs is 1. The quantitative estimate of drug-likeness (QED) is 0.846. The Morgan fingerprint density at radius 3 is 2.90 bits per heavy atom. The lowest BCUT2D eigenvalue weighted by Crippen LogP contribution is -2.41. The SMILES string of the molecule is CCCNC(Cc1cnn(CC)c1)C1Cc2ccccc21. The number of aryl methyl sites for hydroxylation is 1. The molecule has 0 spiro atoms. The van der Waals surface area contributed by atoms with Crippen LogP contribution in [-0.4, -0.2) is 22.4 Å². The maximum atomic E-state index is 4.40. The lowest BCUT2D eigenvalue weighted by molar-refractivity contribution is 0.397. The van der Waals surface area contributed by atoms with E-state index in [1.54, 1.807) is 0 Å². The summed E-state index contributed by atoms with van der Waals surface area (Å²) >= 11 is 0. The van der Waals surface area contributed by atoms with Gasteiger partial charge >= 0.3 is 0 Å². The third-order valence-electron chi connectivity index (χ3n) is 4.50. The van der Waals surface area contributed by atoms with E-state index in [9.17, 15) is 0 Å². The highest BCUT2D eigenvalue weighted by molar-refractivity contribution is 5.41. The van der Waals surface area contributed by atoms with Gasteiger partial charge in [-0.1, -0.05) is 31.2 Å². The average molecular weight is 283 g/mol. The molecular weight excluding hydrogens is 258 g/mol. The molecule has 0 bridgehead atoms. The van der Waals surface area contributed by atoms with Crippen LogP contribution in [0.2, 0.25) is 0 Å². The largest absolute Gasteiger partial charge is 0.313 e. The Hall–Kier alpha value is -1.61. The van der Waals surface area contributed by atoms with Crippen LogP contribution in [0.1, 0.15) is 42.9 Å². The van der Waals surface area contributed by atoms with Crippen LogP contribution in [0.15, 0.2) is 36.7 Å². The second kappa shape index (κ2) is 6.44.